The summed E-state index contributed by atoms with van der Waals surface area (Å²) < 4.78 is 32.1. The number of esters is 2. The minimum Gasteiger partial charge on any atom is -0.497 e. The molecule has 0 aliphatic rings. The smallest absolute Gasteiger partial charge is 0.340 e. The molecule has 0 aliphatic heterocycles. The minimum absolute atomic E-state index is 0.205. The van der Waals surface area contributed by atoms with Crippen molar-refractivity contribution in [3.8, 4) is 23.0 Å². The summed E-state index contributed by atoms with van der Waals surface area (Å²) in [6.07, 6.45) is 0. The minimum atomic E-state index is -0.600. The van der Waals surface area contributed by atoms with Crippen LogP contribution in [0.15, 0.2) is 48.5 Å². The number of rotatable bonds is 10. The van der Waals surface area contributed by atoms with Crippen molar-refractivity contribution >= 4 is 34.7 Å². The van der Waals surface area contributed by atoms with Gasteiger partial charge in [-0.25, -0.2) is 9.59 Å². The molecule has 0 N–H and O–H groups in total. The zero-order chi connectivity index (χ0) is 28.0. The molecule has 10 heteroatoms. The summed E-state index contributed by atoms with van der Waals surface area (Å²) in [6.45, 7) is 0. The van der Waals surface area contributed by atoms with Crippen molar-refractivity contribution < 1.29 is 38.0 Å². The molecule has 0 heterocycles. The number of benzene rings is 3. The highest BCUT2D eigenvalue weighted by molar-refractivity contribution is 6.05. The van der Waals surface area contributed by atoms with Gasteiger partial charge in [-0.15, -0.1) is 0 Å². The van der Waals surface area contributed by atoms with E-state index in [1.165, 1.54) is 14.2 Å². The van der Waals surface area contributed by atoms with E-state index in [1.54, 1.807) is 101 Å². The Bertz CT molecular complexity index is 1220. The Balaban J connectivity index is 2.31. The number of hydrogen-bond donors (Lipinski definition) is 0. The number of carbonyl (C=O) groups excluding carboxylic acids is 2. The van der Waals surface area contributed by atoms with Gasteiger partial charge in [0.25, 0.3) is 0 Å². The van der Waals surface area contributed by atoms with Gasteiger partial charge < -0.3 is 38.2 Å². The van der Waals surface area contributed by atoms with Crippen LogP contribution in [0.4, 0.5) is 22.7 Å². The predicted molar refractivity (Wildman–Crippen MR) is 144 cm³/mol. The van der Waals surface area contributed by atoms with Crippen molar-refractivity contribution in [2.45, 2.75) is 0 Å². The molecule has 0 amide bonds. The maximum atomic E-state index is 13.0. The Labute approximate surface area is 222 Å². The molecule has 0 aromatic heterocycles. The van der Waals surface area contributed by atoms with Gasteiger partial charge in [-0.2, -0.15) is 0 Å². The first-order valence-corrected chi connectivity index (χ1v) is 11.5. The van der Waals surface area contributed by atoms with E-state index in [0.717, 1.165) is 0 Å². The fourth-order valence-electron chi connectivity index (χ4n) is 4.06. The fraction of sp³-hybridized carbons (Fsp3) is 0.286. The summed E-state index contributed by atoms with van der Waals surface area (Å²) >= 11 is 0. The van der Waals surface area contributed by atoms with Crippen molar-refractivity contribution in [1.82, 2.24) is 0 Å². The van der Waals surface area contributed by atoms with E-state index in [0.29, 0.717) is 45.7 Å². The molecule has 202 valence electrons. The van der Waals surface area contributed by atoms with E-state index in [-0.39, 0.29) is 11.1 Å². The highest BCUT2D eigenvalue weighted by atomic mass is 16.5. The maximum Gasteiger partial charge on any atom is 0.340 e. The largest absolute Gasteiger partial charge is 0.497 e. The topological polar surface area (TPSA) is 96.0 Å². The third-order valence-electron chi connectivity index (χ3n) is 6.14. The van der Waals surface area contributed by atoms with E-state index >= 15 is 0 Å². The van der Waals surface area contributed by atoms with Crippen molar-refractivity contribution in [1.29, 1.82) is 0 Å². The molecule has 0 unspecified atom stereocenters. The van der Waals surface area contributed by atoms with Crippen LogP contribution < -0.4 is 28.7 Å². The summed E-state index contributed by atoms with van der Waals surface area (Å²) in [5, 5.41) is 0. The molecular formula is C28H32N2O8. The Hall–Kier alpha value is -4.60. The average molecular weight is 525 g/mol. The number of methoxy groups -OCH3 is 6. The first-order valence-electron chi connectivity index (χ1n) is 11.5. The van der Waals surface area contributed by atoms with Crippen LogP contribution >= 0.6 is 0 Å². The Morgan fingerprint density at radius 2 is 0.895 bits per heavy atom. The Morgan fingerprint density at radius 3 is 1.18 bits per heavy atom. The van der Waals surface area contributed by atoms with E-state index < -0.39 is 11.9 Å². The molecule has 0 saturated carbocycles. The number of ether oxygens (including phenoxy) is 6. The molecule has 0 radical (unpaired) electrons. The molecule has 0 saturated heterocycles. The van der Waals surface area contributed by atoms with Crippen LogP contribution in [0.1, 0.15) is 20.7 Å². The average Bonchev–Trinajstić information content (AvgIpc) is 2.97. The second kappa shape index (κ2) is 12.1. The molecule has 0 spiro atoms. The fourth-order valence-corrected chi connectivity index (χ4v) is 4.06. The van der Waals surface area contributed by atoms with Crippen LogP contribution in [0.3, 0.4) is 0 Å². The normalized spacial score (nSPS) is 10.3. The van der Waals surface area contributed by atoms with Crippen LogP contribution in [-0.2, 0) is 9.47 Å². The molecular weight excluding hydrogens is 492 g/mol. The lowest BCUT2D eigenvalue weighted by atomic mass is 10.0. The van der Waals surface area contributed by atoms with Gasteiger partial charge in [-0.05, 0) is 36.4 Å². The van der Waals surface area contributed by atoms with Crippen LogP contribution in [0.5, 0.6) is 23.0 Å². The van der Waals surface area contributed by atoms with Crippen LogP contribution in [0.2, 0.25) is 0 Å². The van der Waals surface area contributed by atoms with E-state index in [4.69, 9.17) is 28.4 Å². The van der Waals surface area contributed by atoms with Crippen molar-refractivity contribution in [2.24, 2.45) is 0 Å². The summed E-state index contributed by atoms with van der Waals surface area (Å²) in [7, 11) is 12.3. The highest BCUT2D eigenvalue weighted by Gasteiger charge is 2.27. The van der Waals surface area contributed by atoms with Gasteiger partial charge in [-0.1, -0.05) is 0 Å². The van der Waals surface area contributed by atoms with Gasteiger partial charge in [0.2, 0.25) is 0 Å². The lowest BCUT2D eigenvalue weighted by molar-refractivity contribution is 0.0588. The lowest BCUT2D eigenvalue weighted by Gasteiger charge is -2.28. The molecule has 3 aromatic carbocycles. The summed E-state index contributed by atoms with van der Waals surface area (Å²) in [6, 6.07) is 13.7. The Kier molecular flexibility index (Phi) is 8.90. The molecule has 3 aromatic rings. The standard InChI is InChI=1S/C28H32N2O8/c1-29(23-13-17(33-3)9-11-25(23)35-5)21-15-20(28(32)38-8)22(16-19(21)27(31)37-7)30(2)24-14-18(34-4)10-12-26(24)36-6/h9-16H,1-8H3. The second-order valence-electron chi connectivity index (χ2n) is 8.06. The first-order chi connectivity index (χ1) is 18.2. The zero-order valence-electron chi connectivity index (χ0n) is 22.8. The SMILES string of the molecule is COC(=O)c1cc(N(C)c2cc(OC)ccc2OC)c(C(=O)OC)cc1N(C)c1cc(OC)ccc1OC. The molecule has 10 nitrogen and oxygen atoms in total. The third kappa shape index (κ3) is 5.39. The summed E-state index contributed by atoms with van der Waals surface area (Å²) in [4.78, 5) is 29.5. The van der Waals surface area contributed by atoms with Crippen LogP contribution in [0.25, 0.3) is 0 Å². The van der Waals surface area contributed by atoms with E-state index in [9.17, 15) is 9.59 Å². The number of hydrogen-bond acceptors (Lipinski definition) is 10. The van der Waals surface area contributed by atoms with Gasteiger partial charge in [-0.3, -0.25) is 0 Å². The first kappa shape index (κ1) is 28.0. The van der Waals surface area contributed by atoms with E-state index in [1.807, 2.05) is 0 Å². The van der Waals surface area contributed by atoms with Crippen molar-refractivity contribution in [2.75, 3.05) is 66.6 Å². The highest BCUT2D eigenvalue weighted by Crippen LogP contribution is 2.42. The van der Waals surface area contributed by atoms with Crippen LogP contribution in [-0.4, -0.2) is 68.7 Å². The second-order valence-corrected chi connectivity index (χ2v) is 8.06. The van der Waals surface area contributed by atoms with Gasteiger partial charge in [0, 0.05) is 26.2 Å². The monoisotopic (exact) mass is 524 g/mol. The zero-order valence-corrected chi connectivity index (χ0v) is 22.8. The third-order valence-corrected chi connectivity index (χ3v) is 6.14. The summed E-state index contributed by atoms with van der Waals surface area (Å²) in [5.41, 5.74) is 2.39. The van der Waals surface area contributed by atoms with Crippen LogP contribution in [0, 0.1) is 0 Å². The van der Waals surface area contributed by atoms with E-state index in [2.05, 4.69) is 0 Å². The predicted octanol–water partition coefficient (Wildman–Crippen LogP) is 4.83. The molecule has 0 bridgehead atoms. The number of nitrogens with zero attached hydrogens (tertiary/aromatic N) is 2. The molecule has 0 aliphatic carbocycles. The molecule has 0 fully saturated rings. The van der Waals surface area contributed by atoms with Crippen molar-refractivity contribution in [3.05, 3.63) is 59.7 Å². The molecule has 3 rings (SSSR count). The molecule has 0 atom stereocenters. The quantitative estimate of drug-likeness (QED) is 0.343. The van der Waals surface area contributed by atoms with Gasteiger partial charge in [0.05, 0.1) is 76.5 Å². The van der Waals surface area contributed by atoms with Gasteiger partial charge >= 0.3 is 11.9 Å². The lowest BCUT2D eigenvalue weighted by Crippen LogP contribution is -2.21. The van der Waals surface area contributed by atoms with Crippen molar-refractivity contribution in [3.63, 3.8) is 0 Å². The maximum absolute atomic E-state index is 13.0. The molecule has 38 heavy (non-hydrogen) atoms. The number of carbonyl (C=O) groups is 2. The number of anilines is 4. The summed E-state index contributed by atoms with van der Waals surface area (Å²) in [5.74, 6) is 1.04. The van der Waals surface area contributed by atoms with Gasteiger partial charge in [0.1, 0.15) is 23.0 Å². The van der Waals surface area contributed by atoms with Gasteiger partial charge in [0.15, 0.2) is 0 Å². The Morgan fingerprint density at radius 1 is 0.526 bits per heavy atom.